The highest BCUT2D eigenvalue weighted by Gasteiger charge is 2.51. The molecule has 3 aliphatic rings. The summed E-state index contributed by atoms with van der Waals surface area (Å²) in [6, 6.07) is 4.87. The first-order chi connectivity index (χ1) is 11.0. The summed E-state index contributed by atoms with van der Waals surface area (Å²) in [5, 5.41) is 3.08. The summed E-state index contributed by atoms with van der Waals surface area (Å²) >= 11 is 6.23. The number of halogens is 1. The van der Waals surface area contributed by atoms with Crippen LogP contribution in [0.25, 0.3) is 0 Å². The van der Waals surface area contributed by atoms with Gasteiger partial charge in [0.15, 0.2) is 12.2 Å². The number of benzene rings is 1. The average Bonchev–Trinajstić information content (AvgIpc) is 3.07. The van der Waals surface area contributed by atoms with Crippen LogP contribution in [0.3, 0.4) is 0 Å². The number of rotatable bonds is 1. The molecule has 0 aromatic heterocycles. The highest BCUT2D eigenvalue weighted by molar-refractivity contribution is 6.31. The molecule has 1 aromatic carbocycles. The minimum absolute atomic E-state index is 0.290. The average molecular weight is 334 g/mol. The van der Waals surface area contributed by atoms with Gasteiger partial charge in [-0.25, -0.2) is 9.79 Å². The maximum Gasteiger partial charge on any atom is 0.325 e. The fraction of sp³-hybridized carbons (Fsp3) is 0.400. The second-order valence-corrected chi connectivity index (χ2v) is 6.33. The second-order valence-electron chi connectivity index (χ2n) is 5.92. The lowest BCUT2D eigenvalue weighted by Crippen LogP contribution is -2.63. The smallest absolute Gasteiger partial charge is 0.325 e. The molecule has 1 N–H and O–H groups in total. The largest absolute Gasteiger partial charge is 0.325 e. The number of hydrogen-bond acceptors (Lipinski definition) is 5. The molecule has 23 heavy (non-hydrogen) atoms. The number of imide groups is 1. The Kier molecular flexibility index (Phi) is 3.02. The number of aliphatic imine (C=N–C) groups is 1. The maximum absolute atomic E-state index is 12.2. The van der Waals surface area contributed by atoms with Crippen molar-refractivity contribution in [2.75, 3.05) is 25.0 Å². The predicted molar refractivity (Wildman–Crippen MR) is 86.6 cm³/mol. The molecule has 3 aliphatic heterocycles. The third-order valence-electron chi connectivity index (χ3n) is 4.67. The maximum atomic E-state index is 12.2. The fourth-order valence-corrected chi connectivity index (χ4v) is 3.57. The molecule has 120 valence electrons. The third kappa shape index (κ3) is 1.92. The van der Waals surface area contributed by atoms with E-state index < -0.39 is 18.2 Å². The van der Waals surface area contributed by atoms with Crippen molar-refractivity contribution in [1.29, 1.82) is 0 Å². The van der Waals surface area contributed by atoms with Crippen LogP contribution < -0.4 is 10.2 Å². The van der Waals surface area contributed by atoms with Crippen molar-refractivity contribution in [1.82, 2.24) is 15.1 Å². The molecule has 0 bridgehead atoms. The molecule has 0 saturated carbocycles. The van der Waals surface area contributed by atoms with Crippen LogP contribution in [0, 0.1) is 6.92 Å². The first-order valence-electron chi connectivity index (χ1n) is 7.44. The standard InChI is InChI=1S/C15H16ClN5O2/c1-8-9(16)4-3-5-10(8)20-6-7-21-11-12(17-14(20)21)19(2)15(23)18-13(11)22/h3-5,11-12H,6-7H2,1-2H3,(H,18,22,23). The number of carbonyl (C=O) groups excluding carboxylic acids is 2. The Morgan fingerprint density at radius 3 is 2.87 bits per heavy atom. The molecule has 4 rings (SSSR count). The Bertz CT molecular complexity index is 749. The van der Waals surface area contributed by atoms with Gasteiger partial charge in [-0.1, -0.05) is 17.7 Å². The monoisotopic (exact) mass is 333 g/mol. The number of nitrogens with one attached hydrogen (secondary N) is 1. The highest BCUT2D eigenvalue weighted by Crippen LogP contribution is 2.34. The van der Waals surface area contributed by atoms with Crippen LogP contribution in [0.4, 0.5) is 10.5 Å². The molecule has 2 saturated heterocycles. The number of amides is 3. The number of urea groups is 1. The molecule has 2 fully saturated rings. The lowest BCUT2D eigenvalue weighted by Gasteiger charge is -2.34. The predicted octanol–water partition coefficient (Wildman–Crippen LogP) is 1.02. The van der Waals surface area contributed by atoms with Crippen molar-refractivity contribution in [3.05, 3.63) is 28.8 Å². The first kappa shape index (κ1) is 14.3. The number of guanidine groups is 1. The van der Waals surface area contributed by atoms with Gasteiger partial charge >= 0.3 is 6.03 Å². The van der Waals surface area contributed by atoms with Gasteiger partial charge in [0.1, 0.15) is 0 Å². The minimum Gasteiger partial charge on any atom is -0.325 e. The molecule has 8 heteroatoms. The number of hydrogen-bond donors (Lipinski definition) is 1. The van der Waals surface area contributed by atoms with Gasteiger partial charge in [0.25, 0.3) is 5.91 Å². The fourth-order valence-electron chi connectivity index (χ4n) is 3.40. The van der Waals surface area contributed by atoms with Crippen molar-refractivity contribution >= 4 is 35.2 Å². The van der Waals surface area contributed by atoms with Crippen LogP contribution in [-0.4, -0.2) is 60.0 Å². The minimum atomic E-state index is -0.478. The quantitative estimate of drug-likeness (QED) is 0.833. The van der Waals surface area contributed by atoms with Gasteiger partial charge in [0.05, 0.1) is 0 Å². The van der Waals surface area contributed by atoms with Crippen molar-refractivity contribution in [3.8, 4) is 0 Å². The Labute approximate surface area is 138 Å². The summed E-state index contributed by atoms with van der Waals surface area (Å²) in [6.45, 7) is 3.38. The highest BCUT2D eigenvalue weighted by atomic mass is 35.5. The van der Waals surface area contributed by atoms with E-state index in [4.69, 9.17) is 11.6 Å². The molecular weight excluding hydrogens is 318 g/mol. The van der Waals surface area contributed by atoms with E-state index in [9.17, 15) is 9.59 Å². The van der Waals surface area contributed by atoms with Crippen LogP contribution in [-0.2, 0) is 4.79 Å². The summed E-state index contributed by atoms with van der Waals surface area (Å²) in [6.07, 6.45) is -0.478. The molecular formula is C15H16ClN5O2. The van der Waals surface area contributed by atoms with E-state index in [2.05, 4.69) is 15.2 Å². The van der Waals surface area contributed by atoms with Gasteiger partial charge in [0.2, 0.25) is 5.96 Å². The Morgan fingerprint density at radius 1 is 1.30 bits per heavy atom. The molecule has 7 nitrogen and oxygen atoms in total. The van der Waals surface area contributed by atoms with Gasteiger partial charge in [-0.3, -0.25) is 10.1 Å². The molecule has 3 heterocycles. The molecule has 3 amide bonds. The molecule has 0 spiro atoms. The zero-order valence-corrected chi connectivity index (χ0v) is 13.5. The van der Waals surface area contributed by atoms with Crippen molar-refractivity contribution in [2.24, 2.45) is 4.99 Å². The Balaban J connectivity index is 1.74. The number of anilines is 1. The molecule has 2 unspecified atom stereocenters. The zero-order chi connectivity index (χ0) is 16.3. The lowest BCUT2D eigenvalue weighted by molar-refractivity contribution is -0.126. The number of carbonyl (C=O) groups is 2. The summed E-state index contributed by atoms with van der Waals surface area (Å²) in [5.41, 5.74) is 1.95. The van der Waals surface area contributed by atoms with Crippen LogP contribution in [0.5, 0.6) is 0 Å². The molecule has 1 aromatic rings. The van der Waals surface area contributed by atoms with Crippen molar-refractivity contribution in [2.45, 2.75) is 19.1 Å². The van der Waals surface area contributed by atoms with Crippen LogP contribution in [0.1, 0.15) is 5.56 Å². The lowest BCUT2D eigenvalue weighted by atomic mass is 10.1. The van der Waals surface area contributed by atoms with E-state index in [-0.39, 0.29) is 5.91 Å². The Hall–Kier alpha value is -2.28. The topological polar surface area (TPSA) is 68.2 Å². The third-order valence-corrected chi connectivity index (χ3v) is 5.08. The van der Waals surface area contributed by atoms with Crippen molar-refractivity contribution in [3.63, 3.8) is 0 Å². The molecule has 0 aliphatic carbocycles. The van der Waals surface area contributed by atoms with Gasteiger partial charge in [-0.2, -0.15) is 0 Å². The summed E-state index contributed by atoms with van der Waals surface area (Å²) in [7, 11) is 1.65. The van der Waals surface area contributed by atoms with Gasteiger partial charge < -0.3 is 14.7 Å². The van der Waals surface area contributed by atoms with E-state index in [0.29, 0.717) is 11.6 Å². The van der Waals surface area contributed by atoms with Gasteiger partial charge in [0, 0.05) is 30.8 Å². The number of nitrogens with zero attached hydrogens (tertiary/aromatic N) is 4. The number of likely N-dealkylation sites (N-methyl/N-ethyl adjacent to an activating group) is 1. The molecule has 0 radical (unpaired) electrons. The van der Waals surface area contributed by atoms with E-state index >= 15 is 0 Å². The summed E-state index contributed by atoms with van der Waals surface area (Å²) < 4.78 is 0. The SMILES string of the molecule is Cc1c(Cl)cccc1N1CCN2C1=NC1C2C(=O)NC(=O)N1C. The van der Waals surface area contributed by atoms with E-state index in [1.807, 2.05) is 30.0 Å². The second kappa shape index (κ2) is 4.86. The van der Waals surface area contributed by atoms with E-state index in [1.165, 1.54) is 4.90 Å². The summed E-state index contributed by atoms with van der Waals surface area (Å²) in [4.78, 5) is 34.2. The van der Waals surface area contributed by atoms with E-state index in [0.717, 1.165) is 23.8 Å². The Morgan fingerprint density at radius 2 is 2.09 bits per heavy atom. The zero-order valence-electron chi connectivity index (χ0n) is 12.8. The number of fused-ring (bicyclic) bond motifs is 3. The normalized spacial score (nSPS) is 26.2. The van der Waals surface area contributed by atoms with Crippen LogP contribution in [0.15, 0.2) is 23.2 Å². The van der Waals surface area contributed by atoms with Crippen LogP contribution >= 0.6 is 11.6 Å². The van der Waals surface area contributed by atoms with Crippen molar-refractivity contribution < 1.29 is 9.59 Å². The van der Waals surface area contributed by atoms with Crippen LogP contribution in [0.2, 0.25) is 5.02 Å². The van der Waals surface area contributed by atoms with E-state index in [1.54, 1.807) is 7.05 Å². The first-order valence-corrected chi connectivity index (χ1v) is 7.81. The molecule has 2 atom stereocenters. The summed E-state index contributed by atoms with van der Waals surface area (Å²) in [5.74, 6) is 0.434. The van der Waals surface area contributed by atoms with Gasteiger partial charge in [-0.05, 0) is 24.6 Å². The van der Waals surface area contributed by atoms with Gasteiger partial charge in [-0.15, -0.1) is 0 Å².